The van der Waals surface area contributed by atoms with E-state index < -0.39 is 10.0 Å². The molecule has 1 fully saturated rings. The predicted octanol–water partition coefficient (Wildman–Crippen LogP) is 1.60. The zero-order valence-electron chi connectivity index (χ0n) is 12.4. The van der Waals surface area contributed by atoms with Crippen molar-refractivity contribution in [2.24, 2.45) is 5.92 Å². The molecule has 3 rings (SSSR count). The quantitative estimate of drug-likeness (QED) is 0.883. The second-order valence-corrected chi connectivity index (χ2v) is 7.36. The third-order valence-corrected chi connectivity index (χ3v) is 6.04. The van der Waals surface area contributed by atoms with Crippen molar-refractivity contribution in [2.75, 3.05) is 26.7 Å². The molecule has 22 heavy (non-hydrogen) atoms. The van der Waals surface area contributed by atoms with E-state index in [2.05, 4.69) is 15.3 Å². The van der Waals surface area contributed by atoms with Crippen molar-refractivity contribution in [3.8, 4) is 0 Å². The minimum Gasteiger partial charge on any atom is -0.345 e. The smallest absolute Gasteiger partial charge is 0.245 e. The van der Waals surface area contributed by atoms with Crippen molar-refractivity contribution < 1.29 is 8.42 Å². The van der Waals surface area contributed by atoms with E-state index in [1.54, 1.807) is 28.8 Å². The number of sulfonamides is 1. The molecule has 0 bridgehead atoms. The monoisotopic (exact) mass is 344 g/mol. The van der Waals surface area contributed by atoms with Crippen LogP contribution in [0.2, 0.25) is 0 Å². The van der Waals surface area contributed by atoms with Crippen LogP contribution < -0.4 is 5.32 Å². The van der Waals surface area contributed by atoms with E-state index in [1.165, 1.54) is 0 Å². The van der Waals surface area contributed by atoms with Crippen molar-refractivity contribution in [1.82, 2.24) is 19.6 Å². The molecule has 0 radical (unpaired) electrons. The Bertz CT molecular complexity index is 723. The van der Waals surface area contributed by atoms with Gasteiger partial charge in [0.05, 0.1) is 0 Å². The lowest BCUT2D eigenvalue weighted by molar-refractivity contribution is 0.271. The van der Waals surface area contributed by atoms with Crippen LogP contribution in [0.1, 0.15) is 12.8 Å². The van der Waals surface area contributed by atoms with Gasteiger partial charge in [-0.3, -0.25) is 0 Å². The minimum atomic E-state index is -3.44. The lowest BCUT2D eigenvalue weighted by Gasteiger charge is -2.30. The first-order chi connectivity index (χ1) is 10.1. The largest absolute Gasteiger partial charge is 0.345 e. The van der Waals surface area contributed by atoms with Crippen LogP contribution in [0.5, 0.6) is 0 Å². The summed E-state index contributed by atoms with van der Waals surface area (Å²) in [4.78, 5) is 7.42. The number of aromatic amines is 1. The first kappa shape index (κ1) is 17.2. The van der Waals surface area contributed by atoms with Crippen LogP contribution in [0.15, 0.2) is 29.4 Å². The maximum atomic E-state index is 12.8. The Morgan fingerprint density at radius 2 is 2.14 bits per heavy atom. The number of pyridine rings is 1. The van der Waals surface area contributed by atoms with Crippen molar-refractivity contribution >= 4 is 33.5 Å². The fourth-order valence-corrected chi connectivity index (χ4v) is 4.55. The van der Waals surface area contributed by atoms with Crippen molar-refractivity contribution in [3.63, 3.8) is 0 Å². The maximum absolute atomic E-state index is 12.8. The molecule has 0 atom stereocenters. The van der Waals surface area contributed by atoms with Gasteiger partial charge in [0, 0.05) is 30.9 Å². The van der Waals surface area contributed by atoms with Gasteiger partial charge in [-0.2, -0.15) is 4.31 Å². The van der Waals surface area contributed by atoms with Crippen molar-refractivity contribution in [3.05, 3.63) is 24.5 Å². The standard InChI is InChI=1S/C14H20N4O2S.ClH/c1-15-9-11-4-7-18(8-5-11)21(19,20)13-10-17-14-12(13)3-2-6-16-14;/h2-3,6,10-11,15H,4-5,7-9H2,1H3,(H,16,17);1H. The van der Waals surface area contributed by atoms with Crippen LogP contribution >= 0.6 is 12.4 Å². The molecule has 1 saturated heterocycles. The molecule has 2 aromatic heterocycles. The Hall–Kier alpha value is -1.15. The molecule has 6 nitrogen and oxygen atoms in total. The van der Waals surface area contributed by atoms with E-state index in [-0.39, 0.29) is 12.4 Å². The molecule has 0 amide bonds. The van der Waals surface area contributed by atoms with Gasteiger partial charge in [-0.1, -0.05) is 0 Å². The first-order valence-electron chi connectivity index (χ1n) is 7.20. The van der Waals surface area contributed by atoms with E-state index in [4.69, 9.17) is 0 Å². The van der Waals surface area contributed by atoms with Crippen LogP contribution in [0.3, 0.4) is 0 Å². The third kappa shape index (κ3) is 3.12. The van der Waals surface area contributed by atoms with Crippen molar-refractivity contribution in [2.45, 2.75) is 17.7 Å². The Labute approximate surface area is 136 Å². The fraction of sp³-hybridized carbons (Fsp3) is 0.500. The van der Waals surface area contributed by atoms with E-state index in [0.717, 1.165) is 19.4 Å². The highest BCUT2D eigenvalue weighted by Crippen LogP contribution is 2.27. The predicted molar refractivity (Wildman–Crippen MR) is 88.8 cm³/mol. The molecule has 0 unspecified atom stereocenters. The van der Waals surface area contributed by atoms with Gasteiger partial charge < -0.3 is 10.3 Å². The Morgan fingerprint density at radius 3 is 2.82 bits per heavy atom. The molecule has 1 aliphatic rings. The van der Waals surface area contributed by atoms with Gasteiger partial charge in [0.25, 0.3) is 0 Å². The summed E-state index contributed by atoms with van der Waals surface area (Å²) in [5.74, 6) is 0.561. The van der Waals surface area contributed by atoms with E-state index in [1.807, 2.05) is 7.05 Å². The number of hydrogen-bond donors (Lipinski definition) is 2. The summed E-state index contributed by atoms with van der Waals surface area (Å²) in [5, 5.41) is 3.82. The molecule has 8 heteroatoms. The lowest BCUT2D eigenvalue weighted by atomic mass is 9.98. The second-order valence-electron chi connectivity index (χ2n) is 5.46. The van der Waals surface area contributed by atoms with Crippen LogP contribution in [-0.2, 0) is 10.0 Å². The summed E-state index contributed by atoms with van der Waals surface area (Å²) in [6.45, 7) is 2.12. The zero-order chi connectivity index (χ0) is 14.9. The van der Waals surface area contributed by atoms with E-state index in [0.29, 0.717) is 34.9 Å². The van der Waals surface area contributed by atoms with Crippen LogP contribution in [0.4, 0.5) is 0 Å². The number of rotatable bonds is 4. The van der Waals surface area contributed by atoms with Gasteiger partial charge in [0.15, 0.2) is 0 Å². The average molecular weight is 345 g/mol. The second kappa shape index (κ2) is 6.95. The summed E-state index contributed by atoms with van der Waals surface area (Å²) in [7, 11) is -1.51. The van der Waals surface area contributed by atoms with E-state index >= 15 is 0 Å². The lowest BCUT2D eigenvalue weighted by Crippen LogP contribution is -2.40. The molecule has 0 aliphatic carbocycles. The molecule has 3 heterocycles. The molecular formula is C14H21ClN4O2S. The summed E-state index contributed by atoms with van der Waals surface area (Å²) in [6.07, 6.45) is 5.01. The molecular weight excluding hydrogens is 324 g/mol. The van der Waals surface area contributed by atoms with Gasteiger partial charge in [-0.25, -0.2) is 13.4 Å². The number of fused-ring (bicyclic) bond motifs is 1. The number of hydrogen-bond acceptors (Lipinski definition) is 4. The molecule has 2 aromatic rings. The van der Waals surface area contributed by atoms with Gasteiger partial charge in [-0.15, -0.1) is 12.4 Å². The zero-order valence-corrected chi connectivity index (χ0v) is 14.1. The van der Waals surface area contributed by atoms with E-state index in [9.17, 15) is 8.42 Å². The Kier molecular flexibility index (Phi) is 5.44. The number of H-pyrrole nitrogens is 1. The number of nitrogens with zero attached hydrogens (tertiary/aromatic N) is 2. The molecule has 0 aromatic carbocycles. The van der Waals surface area contributed by atoms with Gasteiger partial charge >= 0.3 is 0 Å². The Morgan fingerprint density at radius 1 is 1.41 bits per heavy atom. The molecule has 0 saturated carbocycles. The first-order valence-corrected chi connectivity index (χ1v) is 8.64. The number of nitrogens with one attached hydrogen (secondary N) is 2. The number of aromatic nitrogens is 2. The van der Waals surface area contributed by atoms with Gasteiger partial charge in [0.2, 0.25) is 10.0 Å². The average Bonchev–Trinajstić information content (AvgIpc) is 2.93. The normalized spacial score (nSPS) is 17.5. The third-order valence-electron chi connectivity index (χ3n) is 4.10. The maximum Gasteiger partial charge on any atom is 0.245 e. The van der Waals surface area contributed by atoms with Gasteiger partial charge in [-0.05, 0) is 44.5 Å². The summed E-state index contributed by atoms with van der Waals surface area (Å²) < 4.78 is 27.2. The molecule has 122 valence electrons. The highest BCUT2D eigenvalue weighted by atomic mass is 35.5. The molecule has 2 N–H and O–H groups in total. The van der Waals surface area contributed by atoms with Crippen LogP contribution in [0, 0.1) is 5.92 Å². The molecule has 1 aliphatic heterocycles. The summed E-state index contributed by atoms with van der Waals surface area (Å²) >= 11 is 0. The van der Waals surface area contributed by atoms with Gasteiger partial charge in [0.1, 0.15) is 10.5 Å². The van der Waals surface area contributed by atoms with Crippen molar-refractivity contribution in [1.29, 1.82) is 0 Å². The fourth-order valence-electron chi connectivity index (χ4n) is 2.93. The topological polar surface area (TPSA) is 78.1 Å². The number of piperidine rings is 1. The summed E-state index contributed by atoms with van der Waals surface area (Å²) in [5.41, 5.74) is 0.612. The Balaban J connectivity index is 0.00000176. The molecule has 0 spiro atoms. The van der Waals surface area contributed by atoms with Crippen LogP contribution in [0.25, 0.3) is 11.0 Å². The highest BCUT2D eigenvalue weighted by molar-refractivity contribution is 7.89. The summed E-state index contributed by atoms with van der Waals surface area (Å²) in [6, 6.07) is 3.55. The highest BCUT2D eigenvalue weighted by Gasteiger charge is 2.31. The number of halogens is 1. The SMILES string of the molecule is CNCC1CCN(S(=O)(=O)c2c[nH]c3ncccc23)CC1.Cl. The van der Waals surface area contributed by atoms with Crippen LogP contribution in [-0.4, -0.2) is 49.4 Å². The minimum absolute atomic E-state index is 0.